The van der Waals surface area contributed by atoms with Crippen LogP contribution in [0.1, 0.15) is 11.6 Å². The number of hydrogen-bond donors (Lipinski definition) is 2. The predicted octanol–water partition coefficient (Wildman–Crippen LogP) is 5.25. The minimum absolute atomic E-state index is 0.157. The number of para-hydroxylation sites is 1. The highest BCUT2D eigenvalue weighted by molar-refractivity contribution is 7.20. The van der Waals surface area contributed by atoms with E-state index in [0.717, 1.165) is 27.5 Å². The summed E-state index contributed by atoms with van der Waals surface area (Å²) in [6.45, 7) is 0. The van der Waals surface area contributed by atoms with Crippen molar-refractivity contribution in [2.75, 3.05) is 10.6 Å². The lowest BCUT2D eigenvalue weighted by atomic mass is 10.1. The molecule has 0 bridgehead atoms. The zero-order valence-electron chi connectivity index (χ0n) is 16.5. The van der Waals surface area contributed by atoms with E-state index in [1.54, 1.807) is 4.52 Å². The Morgan fingerprint density at radius 3 is 2.19 bits per heavy atom. The van der Waals surface area contributed by atoms with Crippen LogP contribution in [0.4, 0.5) is 10.8 Å². The fourth-order valence-electron chi connectivity index (χ4n) is 3.31. The van der Waals surface area contributed by atoms with E-state index in [1.165, 1.54) is 11.3 Å². The van der Waals surface area contributed by atoms with Gasteiger partial charge in [-0.2, -0.15) is 0 Å². The smallest absolute Gasteiger partial charge is 0.251 e. The molecular formula is C24H19N5OS. The predicted molar refractivity (Wildman–Crippen MR) is 124 cm³/mol. The van der Waals surface area contributed by atoms with Crippen molar-refractivity contribution in [3.8, 4) is 11.3 Å². The summed E-state index contributed by atoms with van der Waals surface area (Å²) in [7, 11) is 0. The van der Waals surface area contributed by atoms with Crippen molar-refractivity contribution in [2.24, 2.45) is 0 Å². The second-order valence-corrected chi connectivity index (χ2v) is 7.93. The number of hydrogen-bond acceptors (Lipinski definition) is 5. The molecule has 0 radical (unpaired) electrons. The number of nitrogens with one attached hydrogen (secondary N) is 2. The van der Waals surface area contributed by atoms with E-state index in [0.29, 0.717) is 5.13 Å². The van der Waals surface area contributed by atoms with Crippen molar-refractivity contribution >= 4 is 33.0 Å². The fourth-order valence-corrected chi connectivity index (χ4v) is 4.12. The number of benzene rings is 3. The average molecular weight is 426 g/mol. The molecule has 152 valence electrons. The molecule has 0 fully saturated rings. The third-order valence-electron chi connectivity index (χ3n) is 4.82. The quantitative estimate of drug-likeness (QED) is 0.390. The molecule has 1 amide bonds. The first-order valence-corrected chi connectivity index (χ1v) is 10.7. The zero-order valence-corrected chi connectivity index (χ0v) is 17.3. The highest BCUT2D eigenvalue weighted by Crippen LogP contribution is 2.28. The first-order chi connectivity index (χ1) is 15.3. The number of fused-ring (bicyclic) bond motifs is 1. The van der Waals surface area contributed by atoms with Crippen LogP contribution in [-0.4, -0.2) is 20.5 Å². The molecule has 3 aromatic carbocycles. The van der Waals surface area contributed by atoms with Crippen LogP contribution in [0, 0.1) is 0 Å². The van der Waals surface area contributed by atoms with Gasteiger partial charge in [-0.3, -0.25) is 4.79 Å². The lowest BCUT2D eigenvalue weighted by Crippen LogP contribution is -2.27. The molecule has 5 aromatic rings. The van der Waals surface area contributed by atoms with Gasteiger partial charge in [-0.15, -0.1) is 5.10 Å². The number of rotatable bonds is 6. The van der Waals surface area contributed by atoms with Gasteiger partial charge in [0, 0.05) is 11.3 Å². The fraction of sp³-hybridized carbons (Fsp3) is 0.0417. The summed E-state index contributed by atoms with van der Waals surface area (Å²) in [5, 5.41) is 11.5. The minimum Gasteiger partial charge on any atom is -0.345 e. The van der Waals surface area contributed by atoms with Crippen LogP contribution in [0.3, 0.4) is 0 Å². The summed E-state index contributed by atoms with van der Waals surface area (Å²) in [6, 6.07) is 28.4. The van der Waals surface area contributed by atoms with Crippen molar-refractivity contribution in [3.63, 3.8) is 0 Å². The van der Waals surface area contributed by atoms with Gasteiger partial charge in [-0.25, -0.2) is 9.50 Å². The molecule has 0 unspecified atom stereocenters. The number of carbonyl (C=O) groups is 1. The number of carbonyl (C=O) groups excluding carboxylic acids is 1. The Kier molecular flexibility index (Phi) is 5.16. The number of imidazole rings is 1. The molecule has 0 aliphatic carbocycles. The van der Waals surface area contributed by atoms with Gasteiger partial charge in [0.15, 0.2) is 0 Å². The molecule has 0 aliphatic rings. The van der Waals surface area contributed by atoms with Crippen LogP contribution in [-0.2, 0) is 4.79 Å². The van der Waals surface area contributed by atoms with Gasteiger partial charge < -0.3 is 10.6 Å². The van der Waals surface area contributed by atoms with Gasteiger partial charge in [0.05, 0.1) is 11.9 Å². The Hall–Kier alpha value is -3.97. The summed E-state index contributed by atoms with van der Waals surface area (Å²) < 4.78 is 1.74. The Bertz CT molecular complexity index is 1270. The molecule has 7 heteroatoms. The molecule has 0 saturated heterocycles. The van der Waals surface area contributed by atoms with Crippen LogP contribution in [0.25, 0.3) is 16.2 Å². The molecule has 1 atom stereocenters. The summed E-state index contributed by atoms with van der Waals surface area (Å²) in [4.78, 5) is 18.5. The van der Waals surface area contributed by atoms with Gasteiger partial charge >= 0.3 is 0 Å². The first-order valence-electron chi connectivity index (χ1n) is 9.85. The number of nitrogens with zero attached hydrogens (tertiary/aromatic N) is 3. The standard InChI is InChI=1S/C24H19N5OS/c30-22(25-19-14-8-3-9-15-19)21(18-12-6-2-7-13-18)27-23-28-29-16-20(26-24(29)31-23)17-10-4-1-5-11-17/h1-16,21H,(H,25,30)(H,27,28)/t21-/m1/s1. The molecule has 2 aromatic heterocycles. The Morgan fingerprint density at radius 2 is 1.52 bits per heavy atom. The van der Waals surface area contributed by atoms with Crippen molar-refractivity contribution < 1.29 is 4.79 Å². The van der Waals surface area contributed by atoms with E-state index < -0.39 is 6.04 Å². The van der Waals surface area contributed by atoms with Crippen molar-refractivity contribution in [1.82, 2.24) is 14.6 Å². The zero-order chi connectivity index (χ0) is 21.0. The Labute approximate surface area is 183 Å². The molecule has 0 aliphatic heterocycles. The summed E-state index contributed by atoms with van der Waals surface area (Å²) in [6.07, 6.45) is 1.90. The first kappa shape index (κ1) is 19.0. The summed E-state index contributed by atoms with van der Waals surface area (Å²) in [5.41, 5.74) is 3.51. The molecule has 0 saturated carbocycles. The largest absolute Gasteiger partial charge is 0.345 e. The van der Waals surface area contributed by atoms with E-state index in [1.807, 2.05) is 97.2 Å². The highest BCUT2D eigenvalue weighted by atomic mass is 32.1. The second-order valence-electron chi connectivity index (χ2n) is 6.97. The van der Waals surface area contributed by atoms with Gasteiger partial charge in [0.1, 0.15) is 6.04 Å². The van der Waals surface area contributed by atoms with E-state index in [9.17, 15) is 4.79 Å². The molecule has 6 nitrogen and oxygen atoms in total. The molecule has 0 spiro atoms. The van der Waals surface area contributed by atoms with Gasteiger partial charge in [0.25, 0.3) is 5.91 Å². The Morgan fingerprint density at radius 1 is 0.871 bits per heavy atom. The molecule has 2 heterocycles. The minimum atomic E-state index is -0.592. The molecule has 31 heavy (non-hydrogen) atoms. The maximum atomic E-state index is 13.1. The van der Waals surface area contributed by atoms with Crippen LogP contribution < -0.4 is 10.6 Å². The maximum absolute atomic E-state index is 13.1. The van der Waals surface area contributed by atoms with Gasteiger partial charge in [-0.1, -0.05) is 90.2 Å². The van der Waals surface area contributed by atoms with Crippen LogP contribution in [0.2, 0.25) is 0 Å². The monoisotopic (exact) mass is 425 g/mol. The Balaban J connectivity index is 1.41. The number of aromatic nitrogens is 3. The van der Waals surface area contributed by atoms with E-state index >= 15 is 0 Å². The van der Waals surface area contributed by atoms with Crippen LogP contribution in [0.15, 0.2) is 97.2 Å². The lowest BCUT2D eigenvalue weighted by molar-refractivity contribution is -0.117. The molecule has 2 N–H and O–H groups in total. The van der Waals surface area contributed by atoms with E-state index in [4.69, 9.17) is 0 Å². The summed E-state index contributed by atoms with van der Waals surface area (Å²) >= 11 is 1.41. The lowest BCUT2D eigenvalue weighted by Gasteiger charge is -2.18. The number of amides is 1. The van der Waals surface area contributed by atoms with E-state index in [2.05, 4.69) is 20.7 Å². The van der Waals surface area contributed by atoms with Crippen LogP contribution >= 0.6 is 11.3 Å². The normalized spacial score (nSPS) is 11.9. The van der Waals surface area contributed by atoms with Crippen molar-refractivity contribution in [2.45, 2.75) is 6.04 Å². The van der Waals surface area contributed by atoms with Crippen molar-refractivity contribution in [3.05, 3.63) is 103 Å². The van der Waals surface area contributed by atoms with Gasteiger partial charge in [0.2, 0.25) is 10.1 Å². The third kappa shape index (κ3) is 4.17. The van der Waals surface area contributed by atoms with Crippen molar-refractivity contribution in [1.29, 1.82) is 0 Å². The average Bonchev–Trinajstić information content (AvgIpc) is 3.38. The SMILES string of the molecule is O=C(Nc1ccccc1)[C@H](Nc1nn2cc(-c3ccccc3)nc2s1)c1ccccc1. The second kappa shape index (κ2) is 8.41. The maximum Gasteiger partial charge on any atom is 0.251 e. The summed E-state index contributed by atoms with van der Waals surface area (Å²) in [5.74, 6) is -0.157. The molecular weight excluding hydrogens is 406 g/mol. The highest BCUT2D eigenvalue weighted by Gasteiger charge is 2.22. The van der Waals surface area contributed by atoms with Gasteiger partial charge in [-0.05, 0) is 17.7 Å². The third-order valence-corrected chi connectivity index (χ3v) is 5.67. The number of anilines is 2. The van der Waals surface area contributed by atoms with E-state index in [-0.39, 0.29) is 5.91 Å². The molecule has 5 rings (SSSR count). The van der Waals surface area contributed by atoms with Crippen LogP contribution in [0.5, 0.6) is 0 Å². The topological polar surface area (TPSA) is 71.3 Å².